The molecular weight excluding hydrogens is 390 g/mol. The van der Waals surface area contributed by atoms with E-state index in [0.29, 0.717) is 42.7 Å². The van der Waals surface area contributed by atoms with Crippen LogP contribution in [0, 0.1) is 0 Å². The third-order valence-corrected chi connectivity index (χ3v) is 3.90. The number of benzene rings is 1. The van der Waals surface area contributed by atoms with E-state index in [2.05, 4.69) is 10.4 Å². The maximum absolute atomic E-state index is 12.1. The van der Waals surface area contributed by atoms with Crippen molar-refractivity contribution >= 4 is 17.6 Å². The number of carbonyl (C=O) groups is 2. The van der Waals surface area contributed by atoms with Gasteiger partial charge in [0.2, 0.25) is 5.76 Å². The molecule has 0 saturated heterocycles. The van der Waals surface area contributed by atoms with Crippen LogP contribution < -0.4 is 14.8 Å². The second-order valence-corrected chi connectivity index (χ2v) is 6.12. The molecule has 0 spiro atoms. The fraction of sp³-hybridized carbons (Fsp3) is 0.286. The molecule has 0 bridgehead atoms. The van der Waals surface area contributed by atoms with Gasteiger partial charge < -0.3 is 23.9 Å². The topological polar surface area (TPSA) is 105 Å². The van der Waals surface area contributed by atoms with Crippen molar-refractivity contribution in [3.63, 3.8) is 0 Å². The molecule has 9 heteroatoms. The highest BCUT2D eigenvalue weighted by Gasteiger charge is 2.15. The second kappa shape index (κ2) is 10.1. The Balaban J connectivity index is 1.52. The molecule has 9 nitrogen and oxygen atoms in total. The van der Waals surface area contributed by atoms with E-state index in [4.69, 9.17) is 18.6 Å². The molecule has 158 valence electrons. The number of carbonyl (C=O) groups excluding carboxylic acids is 2. The number of rotatable bonds is 10. The number of aromatic nitrogens is 2. The number of nitrogens with zero attached hydrogens (tertiary/aromatic N) is 2. The molecule has 0 aliphatic carbocycles. The molecule has 0 radical (unpaired) electrons. The van der Waals surface area contributed by atoms with Crippen molar-refractivity contribution in [1.29, 1.82) is 0 Å². The molecule has 0 saturated carbocycles. The summed E-state index contributed by atoms with van der Waals surface area (Å²) in [7, 11) is 0. The highest BCUT2D eigenvalue weighted by Crippen LogP contribution is 2.30. The average molecular weight is 413 g/mol. The average Bonchev–Trinajstić information content (AvgIpc) is 3.41. The minimum atomic E-state index is -0.724. The lowest BCUT2D eigenvalue weighted by Crippen LogP contribution is -2.20. The molecule has 30 heavy (non-hydrogen) atoms. The first-order valence-electron chi connectivity index (χ1n) is 9.51. The third-order valence-electron chi connectivity index (χ3n) is 3.90. The lowest BCUT2D eigenvalue weighted by atomic mass is 10.2. The molecule has 3 aromatic rings. The van der Waals surface area contributed by atoms with Gasteiger partial charge >= 0.3 is 5.97 Å². The lowest BCUT2D eigenvalue weighted by Gasteiger charge is -2.13. The Morgan fingerprint density at radius 1 is 1.10 bits per heavy atom. The van der Waals surface area contributed by atoms with Gasteiger partial charge in [0.05, 0.1) is 19.8 Å². The monoisotopic (exact) mass is 413 g/mol. The maximum Gasteiger partial charge on any atom is 0.374 e. The maximum atomic E-state index is 12.1. The number of esters is 1. The number of hydrogen-bond acceptors (Lipinski definition) is 7. The summed E-state index contributed by atoms with van der Waals surface area (Å²) in [6, 6.07) is 10.00. The van der Waals surface area contributed by atoms with Gasteiger partial charge in [0.15, 0.2) is 18.1 Å². The Morgan fingerprint density at radius 2 is 1.90 bits per heavy atom. The molecule has 1 N–H and O–H groups in total. The summed E-state index contributed by atoms with van der Waals surface area (Å²) in [5, 5.41) is 6.73. The largest absolute Gasteiger partial charge is 0.490 e. The summed E-state index contributed by atoms with van der Waals surface area (Å²) in [5.74, 6) is 0.469. The van der Waals surface area contributed by atoms with Crippen LogP contribution >= 0.6 is 0 Å². The number of hydrogen-bond donors (Lipinski definition) is 1. The molecule has 2 heterocycles. The Bertz CT molecular complexity index is 981. The summed E-state index contributed by atoms with van der Waals surface area (Å²) in [4.78, 5) is 24.3. The number of anilines is 1. The van der Waals surface area contributed by atoms with Crippen LogP contribution in [0.4, 0.5) is 5.69 Å². The van der Waals surface area contributed by atoms with Gasteiger partial charge in [-0.3, -0.25) is 9.48 Å². The smallest absolute Gasteiger partial charge is 0.374 e. The van der Waals surface area contributed by atoms with E-state index < -0.39 is 18.5 Å². The summed E-state index contributed by atoms with van der Waals surface area (Å²) < 4.78 is 23.2. The Hall–Kier alpha value is -3.75. The van der Waals surface area contributed by atoms with Crippen molar-refractivity contribution in [3.05, 3.63) is 60.3 Å². The minimum absolute atomic E-state index is 0.0182. The molecule has 1 amide bonds. The lowest BCUT2D eigenvalue weighted by molar-refractivity contribution is -0.119. The zero-order chi connectivity index (χ0) is 21.3. The molecule has 1 aromatic carbocycles. The molecule has 0 fully saturated rings. The van der Waals surface area contributed by atoms with E-state index in [-0.39, 0.29) is 5.76 Å². The minimum Gasteiger partial charge on any atom is -0.490 e. The zero-order valence-corrected chi connectivity index (χ0v) is 16.8. The van der Waals surface area contributed by atoms with Gasteiger partial charge in [0.25, 0.3) is 5.91 Å². The van der Waals surface area contributed by atoms with E-state index >= 15 is 0 Å². The number of ether oxygens (including phenoxy) is 3. The van der Waals surface area contributed by atoms with Gasteiger partial charge in [-0.05, 0) is 44.2 Å². The Labute approximate surface area is 173 Å². The van der Waals surface area contributed by atoms with Crippen LogP contribution in [0.15, 0.2) is 53.2 Å². The van der Waals surface area contributed by atoms with E-state index in [9.17, 15) is 9.59 Å². The highest BCUT2D eigenvalue weighted by atomic mass is 16.5. The number of nitrogens with one attached hydrogen (secondary N) is 1. The highest BCUT2D eigenvalue weighted by molar-refractivity contribution is 5.94. The second-order valence-electron chi connectivity index (χ2n) is 6.12. The molecule has 0 aliphatic rings. The van der Waals surface area contributed by atoms with Gasteiger partial charge in [-0.1, -0.05) is 0 Å². The van der Waals surface area contributed by atoms with Crippen molar-refractivity contribution in [2.75, 3.05) is 25.1 Å². The van der Waals surface area contributed by atoms with Crippen molar-refractivity contribution in [2.24, 2.45) is 0 Å². The van der Waals surface area contributed by atoms with E-state index in [1.165, 1.54) is 6.07 Å². The third kappa shape index (κ3) is 5.63. The Kier molecular flexibility index (Phi) is 7.09. The summed E-state index contributed by atoms with van der Waals surface area (Å²) in [5.41, 5.74) is 0.502. The fourth-order valence-electron chi connectivity index (χ4n) is 2.65. The summed E-state index contributed by atoms with van der Waals surface area (Å²) >= 11 is 0. The van der Waals surface area contributed by atoms with Gasteiger partial charge in [-0.15, -0.1) is 0 Å². The first-order chi connectivity index (χ1) is 14.6. The number of furan rings is 1. The van der Waals surface area contributed by atoms with E-state index in [1.807, 2.05) is 13.8 Å². The SMILES string of the molecule is CCOc1ccc(NC(=O)COC(=O)c2ccc(Cn3cccn3)o2)cc1OCC. The van der Waals surface area contributed by atoms with Crippen LogP contribution in [-0.2, 0) is 16.1 Å². The first kappa shape index (κ1) is 21.0. The predicted molar refractivity (Wildman–Crippen MR) is 108 cm³/mol. The van der Waals surface area contributed by atoms with Crippen LogP contribution in [0.5, 0.6) is 11.5 Å². The van der Waals surface area contributed by atoms with Crippen LogP contribution in [0.3, 0.4) is 0 Å². The molecule has 3 rings (SSSR count). The van der Waals surface area contributed by atoms with Crippen LogP contribution in [0.1, 0.15) is 30.2 Å². The van der Waals surface area contributed by atoms with E-state index in [0.717, 1.165) is 0 Å². The van der Waals surface area contributed by atoms with E-state index in [1.54, 1.807) is 47.4 Å². The fourth-order valence-corrected chi connectivity index (χ4v) is 2.65. The van der Waals surface area contributed by atoms with Gasteiger partial charge in [0, 0.05) is 24.1 Å². The molecule has 0 aliphatic heterocycles. The first-order valence-corrected chi connectivity index (χ1v) is 9.51. The van der Waals surface area contributed by atoms with Gasteiger partial charge in [-0.2, -0.15) is 5.10 Å². The predicted octanol–water partition coefficient (Wildman–Crippen LogP) is 3.12. The van der Waals surface area contributed by atoms with Gasteiger partial charge in [-0.25, -0.2) is 4.79 Å². The van der Waals surface area contributed by atoms with Crippen molar-refractivity contribution < 1.29 is 28.2 Å². The van der Waals surface area contributed by atoms with Crippen molar-refractivity contribution in [3.8, 4) is 11.5 Å². The molecule has 2 aromatic heterocycles. The van der Waals surface area contributed by atoms with Crippen LogP contribution in [0.25, 0.3) is 0 Å². The van der Waals surface area contributed by atoms with Crippen LogP contribution in [0.2, 0.25) is 0 Å². The molecule has 0 atom stereocenters. The number of amides is 1. The standard InChI is InChI=1S/C21H23N3O6/c1-3-27-17-8-6-15(12-19(17)28-4-2)23-20(25)14-29-21(26)18-9-7-16(30-18)13-24-11-5-10-22-24/h5-12H,3-4,13-14H2,1-2H3,(H,23,25). The molecule has 0 unspecified atom stereocenters. The zero-order valence-electron chi connectivity index (χ0n) is 16.8. The van der Waals surface area contributed by atoms with Crippen LogP contribution in [-0.4, -0.2) is 41.5 Å². The molecular formula is C21H23N3O6. The normalized spacial score (nSPS) is 10.5. The summed E-state index contributed by atoms with van der Waals surface area (Å²) in [6.07, 6.45) is 3.43. The quantitative estimate of drug-likeness (QED) is 0.509. The summed E-state index contributed by atoms with van der Waals surface area (Å²) in [6.45, 7) is 4.62. The Morgan fingerprint density at radius 3 is 2.63 bits per heavy atom. The van der Waals surface area contributed by atoms with Crippen molar-refractivity contribution in [2.45, 2.75) is 20.4 Å². The van der Waals surface area contributed by atoms with Gasteiger partial charge in [0.1, 0.15) is 5.76 Å². The van der Waals surface area contributed by atoms with Crippen molar-refractivity contribution in [1.82, 2.24) is 9.78 Å².